The molecule has 0 saturated heterocycles. The van der Waals surface area contributed by atoms with Gasteiger partial charge in [0.05, 0.1) is 30.3 Å². The van der Waals surface area contributed by atoms with E-state index in [1.54, 1.807) is 22.7 Å². The van der Waals surface area contributed by atoms with Crippen molar-refractivity contribution in [1.82, 2.24) is 4.31 Å². The number of carbonyl (C=O) groups is 1. The summed E-state index contributed by atoms with van der Waals surface area (Å²) in [7, 11) is -2.44. The smallest absolute Gasteiger partial charge is 0.243 e. The SMILES string of the molecule is CC1CCN(C(=O)CN(C)S(=O)(=O)c2ccc3c(c2)OCCCO3)c2ccccc2S1. The molecule has 1 atom stereocenters. The Morgan fingerprint density at radius 2 is 1.90 bits per heavy atom. The molecule has 0 aromatic heterocycles. The van der Waals surface area contributed by atoms with Crippen LogP contribution in [-0.4, -0.2) is 57.2 Å². The van der Waals surface area contributed by atoms with Gasteiger partial charge in [-0.05, 0) is 30.7 Å². The highest BCUT2D eigenvalue weighted by Crippen LogP contribution is 2.37. The van der Waals surface area contributed by atoms with E-state index in [1.807, 2.05) is 24.3 Å². The minimum Gasteiger partial charge on any atom is -0.490 e. The van der Waals surface area contributed by atoms with Crippen LogP contribution in [0.3, 0.4) is 0 Å². The van der Waals surface area contributed by atoms with Crippen LogP contribution in [0, 0.1) is 0 Å². The molecule has 4 rings (SSSR count). The molecule has 2 aliphatic heterocycles. The average molecular weight is 463 g/mol. The van der Waals surface area contributed by atoms with E-state index in [1.165, 1.54) is 19.2 Å². The molecule has 1 amide bonds. The summed E-state index contributed by atoms with van der Waals surface area (Å²) in [6.45, 7) is 3.44. The standard InChI is InChI=1S/C22H26N2O5S2/c1-16-10-11-24(18-6-3-4-7-21(18)30-16)22(25)15-23(2)31(26,27)17-8-9-19-20(14-17)29-13-5-12-28-19/h3-4,6-9,14,16H,5,10-13,15H2,1-2H3. The van der Waals surface area contributed by atoms with Gasteiger partial charge in [0.15, 0.2) is 11.5 Å². The van der Waals surface area contributed by atoms with Crippen molar-refractivity contribution in [1.29, 1.82) is 0 Å². The number of para-hydroxylation sites is 1. The summed E-state index contributed by atoms with van der Waals surface area (Å²) in [5.74, 6) is 0.691. The third kappa shape index (κ3) is 4.68. The molecule has 2 aromatic rings. The van der Waals surface area contributed by atoms with Crippen molar-refractivity contribution in [3.8, 4) is 11.5 Å². The van der Waals surface area contributed by atoms with E-state index in [-0.39, 0.29) is 17.3 Å². The lowest BCUT2D eigenvalue weighted by Crippen LogP contribution is -2.41. The van der Waals surface area contributed by atoms with Gasteiger partial charge >= 0.3 is 0 Å². The Bertz CT molecular complexity index is 1070. The number of anilines is 1. The summed E-state index contributed by atoms with van der Waals surface area (Å²) in [6.07, 6.45) is 1.57. The first kappa shape index (κ1) is 22.0. The maximum Gasteiger partial charge on any atom is 0.243 e. The molecular weight excluding hydrogens is 436 g/mol. The van der Waals surface area contributed by atoms with E-state index in [0.29, 0.717) is 36.5 Å². The van der Waals surface area contributed by atoms with Gasteiger partial charge in [0.1, 0.15) is 0 Å². The summed E-state index contributed by atoms with van der Waals surface area (Å²) in [4.78, 5) is 16.0. The van der Waals surface area contributed by atoms with Gasteiger partial charge < -0.3 is 14.4 Å². The minimum atomic E-state index is -3.87. The highest BCUT2D eigenvalue weighted by molar-refractivity contribution is 8.00. The molecular formula is C22H26N2O5S2. The fourth-order valence-electron chi connectivity index (χ4n) is 3.59. The van der Waals surface area contributed by atoms with E-state index in [4.69, 9.17) is 9.47 Å². The second kappa shape index (κ2) is 9.10. The van der Waals surface area contributed by atoms with E-state index in [2.05, 4.69) is 6.92 Å². The third-order valence-electron chi connectivity index (χ3n) is 5.33. The van der Waals surface area contributed by atoms with Gasteiger partial charge in [0, 0.05) is 36.2 Å². The van der Waals surface area contributed by atoms with Crippen molar-refractivity contribution in [2.45, 2.75) is 34.8 Å². The second-order valence-corrected chi connectivity index (χ2v) is 11.2. The van der Waals surface area contributed by atoms with E-state index >= 15 is 0 Å². The van der Waals surface area contributed by atoms with Crippen molar-refractivity contribution in [2.75, 3.05) is 38.3 Å². The van der Waals surface area contributed by atoms with Crippen molar-refractivity contribution in [3.63, 3.8) is 0 Å². The first-order chi connectivity index (χ1) is 14.9. The quantitative estimate of drug-likeness (QED) is 0.693. The second-order valence-electron chi connectivity index (χ2n) is 7.65. The fraction of sp³-hybridized carbons (Fsp3) is 0.409. The van der Waals surface area contributed by atoms with Crippen LogP contribution in [0.4, 0.5) is 5.69 Å². The summed E-state index contributed by atoms with van der Waals surface area (Å²) >= 11 is 1.74. The molecule has 31 heavy (non-hydrogen) atoms. The van der Waals surface area contributed by atoms with Crippen LogP contribution in [0.25, 0.3) is 0 Å². The summed E-state index contributed by atoms with van der Waals surface area (Å²) < 4.78 is 38.6. The number of thioether (sulfide) groups is 1. The summed E-state index contributed by atoms with van der Waals surface area (Å²) in [6, 6.07) is 12.3. The molecule has 166 valence electrons. The van der Waals surface area contributed by atoms with Gasteiger partial charge in [-0.2, -0.15) is 4.31 Å². The van der Waals surface area contributed by atoms with Crippen molar-refractivity contribution in [3.05, 3.63) is 42.5 Å². The number of amides is 1. The van der Waals surface area contributed by atoms with Crippen molar-refractivity contribution < 1.29 is 22.7 Å². The van der Waals surface area contributed by atoms with Crippen LogP contribution in [0.1, 0.15) is 19.8 Å². The third-order valence-corrected chi connectivity index (χ3v) is 8.37. The zero-order valence-corrected chi connectivity index (χ0v) is 19.2. The minimum absolute atomic E-state index is 0.0764. The molecule has 1 unspecified atom stereocenters. The number of likely N-dealkylation sites (N-methyl/N-ethyl adjacent to an activating group) is 1. The average Bonchev–Trinajstić information content (AvgIpc) is 3.08. The normalized spacial score (nSPS) is 18.8. The Balaban J connectivity index is 1.54. The molecule has 0 N–H and O–H groups in total. The van der Waals surface area contributed by atoms with Gasteiger partial charge in [-0.25, -0.2) is 8.42 Å². The summed E-state index contributed by atoms with van der Waals surface area (Å²) in [5, 5.41) is 0.377. The predicted molar refractivity (Wildman–Crippen MR) is 121 cm³/mol. The number of hydrogen-bond donors (Lipinski definition) is 0. The van der Waals surface area contributed by atoms with E-state index in [9.17, 15) is 13.2 Å². The highest BCUT2D eigenvalue weighted by Gasteiger charge is 2.29. The number of hydrogen-bond acceptors (Lipinski definition) is 6. The first-order valence-electron chi connectivity index (χ1n) is 10.3. The molecule has 2 aliphatic rings. The van der Waals surface area contributed by atoms with E-state index in [0.717, 1.165) is 27.7 Å². The molecule has 7 nitrogen and oxygen atoms in total. The monoisotopic (exact) mass is 462 g/mol. The Morgan fingerprint density at radius 1 is 1.16 bits per heavy atom. The lowest BCUT2D eigenvalue weighted by atomic mass is 10.2. The van der Waals surface area contributed by atoms with Crippen LogP contribution in [-0.2, 0) is 14.8 Å². The summed E-state index contributed by atoms with van der Waals surface area (Å²) in [5.41, 5.74) is 0.836. The topological polar surface area (TPSA) is 76.2 Å². The van der Waals surface area contributed by atoms with Crippen LogP contribution < -0.4 is 14.4 Å². The van der Waals surface area contributed by atoms with Crippen LogP contribution >= 0.6 is 11.8 Å². The largest absolute Gasteiger partial charge is 0.490 e. The maximum absolute atomic E-state index is 13.2. The Morgan fingerprint density at radius 3 is 2.71 bits per heavy atom. The van der Waals surface area contributed by atoms with Gasteiger partial charge in [-0.1, -0.05) is 19.1 Å². The number of sulfonamides is 1. The maximum atomic E-state index is 13.2. The van der Waals surface area contributed by atoms with Crippen LogP contribution in [0.2, 0.25) is 0 Å². The van der Waals surface area contributed by atoms with Gasteiger partial charge in [0.2, 0.25) is 15.9 Å². The molecule has 0 spiro atoms. The molecule has 0 radical (unpaired) electrons. The molecule has 9 heteroatoms. The highest BCUT2D eigenvalue weighted by atomic mass is 32.2. The lowest BCUT2D eigenvalue weighted by molar-refractivity contribution is -0.118. The number of rotatable bonds is 4. The Hall–Kier alpha value is -2.23. The number of carbonyl (C=O) groups excluding carboxylic acids is 1. The number of ether oxygens (including phenoxy) is 2. The van der Waals surface area contributed by atoms with E-state index < -0.39 is 10.0 Å². The van der Waals surface area contributed by atoms with Gasteiger partial charge in [-0.15, -0.1) is 11.8 Å². The van der Waals surface area contributed by atoms with Gasteiger partial charge in [-0.3, -0.25) is 4.79 Å². The van der Waals surface area contributed by atoms with Crippen molar-refractivity contribution in [2.24, 2.45) is 0 Å². The number of fused-ring (bicyclic) bond motifs is 2. The molecule has 0 fully saturated rings. The number of nitrogens with zero attached hydrogens (tertiary/aromatic N) is 2. The first-order valence-corrected chi connectivity index (χ1v) is 12.6. The zero-order chi connectivity index (χ0) is 22.0. The Labute approximate surface area is 187 Å². The zero-order valence-electron chi connectivity index (χ0n) is 17.6. The Kier molecular flexibility index (Phi) is 6.45. The molecule has 0 aliphatic carbocycles. The van der Waals surface area contributed by atoms with Crippen molar-refractivity contribution >= 4 is 33.4 Å². The number of benzene rings is 2. The van der Waals surface area contributed by atoms with Crippen LogP contribution in [0.15, 0.2) is 52.3 Å². The molecule has 2 heterocycles. The fourth-order valence-corrected chi connectivity index (χ4v) is 5.84. The van der Waals surface area contributed by atoms with Crippen LogP contribution in [0.5, 0.6) is 11.5 Å². The van der Waals surface area contributed by atoms with Gasteiger partial charge in [0.25, 0.3) is 0 Å². The predicted octanol–water partition coefficient (Wildman–Crippen LogP) is 3.39. The molecule has 0 bridgehead atoms. The molecule has 2 aromatic carbocycles. The molecule has 0 saturated carbocycles. The lowest BCUT2D eigenvalue weighted by Gasteiger charge is -2.25.